The van der Waals surface area contributed by atoms with Crippen LogP contribution in [0.1, 0.15) is 140 Å². The molecule has 0 fully saturated rings. The van der Waals surface area contributed by atoms with Gasteiger partial charge in [0.1, 0.15) is 0 Å². The third-order valence-corrected chi connectivity index (χ3v) is 30.4. The van der Waals surface area contributed by atoms with E-state index in [-0.39, 0.29) is 16.2 Å². The Morgan fingerprint density at radius 3 is 1.00 bits per heavy atom. The molecule has 0 aliphatic rings. The van der Waals surface area contributed by atoms with Crippen LogP contribution in [0.15, 0.2) is 127 Å². The summed E-state index contributed by atoms with van der Waals surface area (Å²) in [5.41, 5.74) is -1.62. The van der Waals surface area contributed by atoms with E-state index in [1.54, 1.807) is 42.5 Å². The largest absolute Gasteiger partial charge is 0.417 e. The third-order valence-electron chi connectivity index (χ3n) is 14.0. The van der Waals surface area contributed by atoms with Gasteiger partial charge in [-0.05, 0) is 24.3 Å². The second-order valence-corrected chi connectivity index (χ2v) is 32.5. The van der Waals surface area contributed by atoms with Gasteiger partial charge >= 0.3 is 12.4 Å². The second kappa shape index (κ2) is 26.8. The number of amides is 1. The van der Waals surface area contributed by atoms with Crippen LogP contribution in [0, 0.1) is 0 Å². The highest BCUT2D eigenvalue weighted by Crippen LogP contribution is 2.57. The van der Waals surface area contributed by atoms with Gasteiger partial charge in [-0.25, -0.2) is 0 Å². The van der Waals surface area contributed by atoms with Gasteiger partial charge in [0.25, 0.3) is 5.91 Å². The molecule has 0 aromatic heterocycles. The molecule has 374 valence electrons. The van der Waals surface area contributed by atoms with Gasteiger partial charge in [-0.15, -0.1) is 0 Å². The molecule has 2 nitrogen and oxygen atoms in total. The molecule has 0 spiro atoms. The fraction of sp³-hybridized carbons (Fsp3) is 0.456. The lowest BCUT2D eigenvalue weighted by atomic mass is 10.2. The molecule has 0 heterocycles. The average molecular weight is 1020 g/mol. The zero-order chi connectivity index (χ0) is 50.1. The Kier molecular flexibility index (Phi) is 21.9. The van der Waals surface area contributed by atoms with Crippen LogP contribution in [0.4, 0.5) is 26.3 Å². The minimum atomic E-state index is -4.82. The fourth-order valence-electron chi connectivity index (χ4n) is 10.1. The maximum absolute atomic E-state index is 15.8. The summed E-state index contributed by atoms with van der Waals surface area (Å²) in [6, 6.07) is 41.8. The van der Waals surface area contributed by atoms with Gasteiger partial charge in [0.15, 0.2) is 0 Å². The summed E-state index contributed by atoms with van der Waals surface area (Å²) in [5, 5.41) is 3.23. The molecule has 0 N–H and O–H groups in total. The van der Waals surface area contributed by atoms with E-state index < -0.39 is 61.7 Å². The summed E-state index contributed by atoms with van der Waals surface area (Å²) in [4.78, 5) is 15.8. The first kappa shape index (κ1) is 56.4. The van der Waals surface area contributed by atoms with Crippen molar-refractivity contribution < 1.29 is 31.1 Å². The monoisotopic (exact) mass is 1020 g/mol. The van der Waals surface area contributed by atoms with Crippen LogP contribution in [0.3, 0.4) is 0 Å². The zero-order valence-electron chi connectivity index (χ0n) is 41.9. The molecule has 0 saturated heterocycles. The smallest absolute Gasteiger partial charge is 0.280 e. The van der Waals surface area contributed by atoms with Gasteiger partial charge in [-0.2, -0.15) is 26.3 Å². The molecule has 5 aromatic rings. The second-order valence-electron chi connectivity index (χ2n) is 18.9. The molecule has 0 bridgehead atoms. The van der Waals surface area contributed by atoms with Crippen molar-refractivity contribution in [2.24, 2.45) is 0 Å². The van der Waals surface area contributed by atoms with Crippen molar-refractivity contribution in [3.63, 3.8) is 0 Å². The van der Waals surface area contributed by atoms with Crippen molar-refractivity contribution in [2.45, 2.75) is 167 Å². The zero-order valence-corrected chi connectivity index (χ0v) is 45.7. The van der Waals surface area contributed by atoms with Crippen molar-refractivity contribution in [2.75, 3.05) is 0 Å². The van der Waals surface area contributed by atoms with E-state index in [1.807, 2.05) is 24.3 Å². The Balaban J connectivity index is 1.91. The highest BCUT2D eigenvalue weighted by molar-refractivity contribution is 7.85. The molecule has 2 atom stereocenters. The standard InChI is InChI=1S/C57H75F6NOP2Si2/c1-7-13-40-68(41-14-8-2,42-15-9-3)49-36-32-47(33-37-49)66(53-30-24-22-28-51(53)56(58,59)60)64(55(65)46-26-20-19-21-27-46)67(54-31-25-23-29-52(54)57(61,62)63)48-34-38-50(39-35-48)69(43-16-10-4,44-17-11-5)45-18-12-6/h19-39H,7-18,40-45H2,1-6H3. The quantitative estimate of drug-likeness (QED) is 0.0292. The highest BCUT2D eigenvalue weighted by atomic mass is 31.2. The first-order chi connectivity index (χ1) is 33.1. The Morgan fingerprint density at radius 2 is 0.710 bits per heavy atom. The first-order valence-electron chi connectivity index (χ1n) is 25.7. The van der Waals surface area contributed by atoms with Crippen molar-refractivity contribution in [3.8, 4) is 0 Å². The molecule has 12 heteroatoms. The number of hydrogen-bond donors (Lipinski definition) is 0. The molecule has 5 aromatic carbocycles. The number of halogens is 6. The van der Waals surface area contributed by atoms with E-state index in [1.165, 1.54) is 39.1 Å². The maximum Gasteiger partial charge on any atom is 0.417 e. The fourth-order valence-corrected chi connectivity index (χ4v) is 27.3. The van der Waals surface area contributed by atoms with Gasteiger partial charge < -0.3 is 0 Å². The number of alkyl halides is 6. The molecule has 69 heavy (non-hydrogen) atoms. The normalized spacial score (nSPS) is 13.3. The van der Waals surface area contributed by atoms with E-state index in [0.717, 1.165) is 125 Å². The lowest BCUT2D eigenvalue weighted by Gasteiger charge is -2.41. The van der Waals surface area contributed by atoms with Crippen LogP contribution >= 0.6 is 16.1 Å². The van der Waals surface area contributed by atoms with Crippen LogP contribution in [0.2, 0.25) is 36.3 Å². The molecule has 0 aliphatic carbocycles. The minimum absolute atomic E-state index is 0.123. The first-order valence-corrected chi connectivity index (χ1v) is 33.5. The van der Waals surface area contributed by atoms with Crippen molar-refractivity contribution in [1.29, 1.82) is 0 Å². The highest BCUT2D eigenvalue weighted by Gasteiger charge is 2.45. The predicted molar refractivity (Wildman–Crippen MR) is 290 cm³/mol. The summed E-state index contributed by atoms with van der Waals surface area (Å²) in [7, 11) is -9.14. The summed E-state index contributed by atoms with van der Waals surface area (Å²) in [5.74, 6) is -0.620. The van der Waals surface area contributed by atoms with Crippen LogP contribution in [0.25, 0.3) is 0 Å². The minimum Gasteiger partial charge on any atom is -0.280 e. The number of rotatable bonds is 27. The third kappa shape index (κ3) is 14.3. The number of carbonyl (C=O) groups is 1. The van der Waals surface area contributed by atoms with Crippen molar-refractivity contribution in [3.05, 3.63) is 144 Å². The molecule has 0 aliphatic heterocycles. The van der Waals surface area contributed by atoms with E-state index >= 15 is 31.1 Å². The van der Waals surface area contributed by atoms with Gasteiger partial charge in [0.2, 0.25) is 0 Å². The van der Waals surface area contributed by atoms with E-state index in [4.69, 9.17) is 0 Å². The van der Waals surface area contributed by atoms with Gasteiger partial charge in [0.05, 0.1) is 43.4 Å². The molecule has 1 amide bonds. The average Bonchev–Trinajstić information content (AvgIpc) is 3.36. The van der Waals surface area contributed by atoms with Gasteiger partial charge in [0, 0.05) is 26.8 Å². The van der Waals surface area contributed by atoms with E-state index in [2.05, 4.69) is 65.8 Å². The maximum atomic E-state index is 15.8. The predicted octanol–water partition coefficient (Wildman–Crippen LogP) is 16.4. The Labute approximate surface area is 414 Å². The summed E-state index contributed by atoms with van der Waals surface area (Å²) in [6.45, 7) is 13.2. The number of hydrogen-bond acceptors (Lipinski definition) is 1. The van der Waals surface area contributed by atoms with Crippen LogP contribution in [-0.4, -0.2) is 26.5 Å². The SMILES string of the molecule is CCCC[Si](CCCC)(CCCC)c1ccc(P(c2ccccc2C(F)(F)F)N(C(=O)c2ccccc2)P(c2ccc([Si](CCCC)(CCCC)CCCC)cc2)c2ccccc2C(F)(F)F)cc1. The van der Waals surface area contributed by atoms with Crippen LogP contribution < -0.4 is 31.6 Å². The van der Waals surface area contributed by atoms with Crippen LogP contribution in [0.5, 0.6) is 0 Å². The number of nitrogens with zero attached hydrogens (tertiary/aromatic N) is 1. The number of benzene rings is 5. The van der Waals surface area contributed by atoms with Crippen molar-refractivity contribution >= 4 is 69.8 Å². The molecule has 0 radical (unpaired) electrons. The van der Waals surface area contributed by atoms with E-state index in [0.29, 0.717) is 10.6 Å². The summed E-state index contributed by atoms with van der Waals surface area (Å²) < 4.78 is 94.8. The van der Waals surface area contributed by atoms with E-state index in [9.17, 15) is 0 Å². The lowest BCUT2D eigenvalue weighted by Crippen LogP contribution is -2.48. The molecule has 2 unspecified atom stereocenters. The molecular formula is C57H75F6NOP2Si2. The molecular weight excluding hydrogens is 947 g/mol. The summed E-state index contributed by atoms with van der Waals surface area (Å²) in [6.07, 6.45) is 3.26. The van der Waals surface area contributed by atoms with Crippen LogP contribution in [-0.2, 0) is 12.4 Å². The number of unbranched alkanes of at least 4 members (excludes halogenated alkanes) is 6. The lowest BCUT2D eigenvalue weighted by molar-refractivity contribution is -0.137. The van der Waals surface area contributed by atoms with Gasteiger partial charge in [-0.3, -0.25) is 9.24 Å². The summed E-state index contributed by atoms with van der Waals surface area (Å²) >= 11 is 0. The Bertz CT molecular complexity index is 2130. The molecule has 5 rings (SSSR count). The topological polar surface area (TPSA) is 20.3 Å². The van der Waals surface area contributed by atoms with Gasteiger partial charge in [-0.1, -0.05) is 268 Å². The Morgan fingerprint density at radius 1 is 0.420 bits per heavy atom. The number of carbonyl (C=O) groups excluding carboxylic acids is 1. The Hall–Kier alpha value is -3.56. The molecule has 0 saturated carbocycles. The van der Waals surface area contributed by atoms with Crippen molar-refractivity contribution in [1.82, 2.24) is 4.44 Å².